The van der Waals surface area contributed by atoms with Gasteiger partial charge in [0.25, 0.3) is 0 Å². The van der Waals surface area contributed by atoms with Crippen molar-refractivity contribution in [3.63, 3.8) is 0 Å². The summed E-state index contributed by atoms with van der Waals surface area (Å²) in [6, 6.07) is 7.43. The van der Waals surface area contributed by atoms with E-state index in [-0.39, 0.29) is 0 Å². The third kappa shape index (κ3) is 1.63. The number of hydrogen-bond acceptors (Lipinski definition) is 2. The van der Waals surface area contributed by atoms with Crippen LogP contribution in [0.1, 0.15) is 5.56 Å². The Labute approximate surface area is 91.4 Å². The van der Waals surface area contributed by atoms with Crippen LogP contribution in [0.15, 0.2) is 35.0 Å². The van der Waals surface area contributed by atoms with E-state index in [2.05, 4.69) is 5.16 Å². The number of hydrogen-bond donors (Lipinski definition) is 0. The Kier molecular flexibility index (Phi) is 2.75. The van der Waals surface area contributed by atoms with Crippen LogP contribution >= 0.6 is 23.2 Å². The van der Waals surface area contributed by atoms with E-state index in [4.69, 9.17) is 27.7 Å². The highest BCUT2D eigenvalue weighted by Gasteiger charge is 2.12. The first-order valence-electron chi connectivity index (χ1n) is 4.07. The van der Waals surface area contributed by atoms with Crippen LogP contribution in [-0.2, 0) is 5.88 Å². The van der Waals surface area contributed by atoms with Gasteiger partial charge in [-0.2, -0.15) is 0 Å². The molecule has 72 valence electrons. The molecule has 0 saturated heterocycles. The lowest BCUT2D eigenvalue weighted by atomic mass is 10.1. The van der Waals surface area contributed by atoms with Crippen LogP contribution in [0.4, 0.5) is 0 Å². The van der Waals surface area contributed by atoms with Gasteiger partial charge in [0.05, 0.1) is 17.1 Å². The van der Waals surface area contributed by atoms with Gasteiger partial charge < -0.3 is 4.52 Å². The molecule has 0 aliphatic carbocycles. The summed E-state index contributed by atoms with van der Waals surface area (Å²) in [5.41, 5.74) is 1.67. The number of rotatable bonds is 2. The monoisotopic (exact) mass is 227 g/mol. The molecule has 2 rings (SSSR count). The quantitative estimate of drug-likeness (QED) is 0.732. The van der Waals surface area contributed by atoms with Gasteiger partial charge >= 0.3 is 0 Å². The van der Waals surface area contributed by atoms with Crippen molar-refractivity contribution in [2.75, 3.05) is 0 Å². The molecule has 0 atom stereocenters. The highest BCUT2D eigenvalue weighted by Crippen LogP contribution is 2.30. The standard InChI is InChI=1S/C10H7Cl2NO/c11-5-7-6-13-14-10(7)8-3-1-2-4-9(8)12/h1-4,6H,5H2. The van der Waals surface area contributed by atoms with E-state index >= 15 is 0 Å². The normalized spacial score (nSPS) is 10.4. The smallest absolute Gasteiger partial charge is 0.172 e. The third-order valence-corrected chi connectivity index (χ3v) is 2.52. The first kappa shape index (κ1) is 9.56. The van der Waals surface area contributed by atoms with Gasteiger partial charge in [-0.15, -0.1) is 11.6 Å². The number of nitrogens with zero attached hydrogens (tertiary/aromatic N) is 1. The minimum atomic E-state index is 0.365. The predicted molar refractivity (Wildman–Crippen MR) is 56.5 cm³/mol. The molecule has 2 nitrogen and oxygen atoms in total. The molecule has 0 aliphatic rings. The lowest BCUT2D eigenvalue weighted by Gasteiger charge is -2.00. The van der Waals surface area contributed by atoms with Crippen LogP contribution in [0, 0.1) is 0 Å². The van der Waals surface area contributed by atoms with Gasteiger partial charge in [-0.1, -0.05) is 28.9 Å². The van der Waals surface area contributed by atoms with E-state index in [1.807, 2.05) is 18.2 Å². The van der Waals surface area contributed by atoms with Gasteiger partial charge in [0.1, 0.15) is 0 Å². The Morgan fingerprint density at radius 3 is 2.79 bits per heavy atom. The van der Waals surface area contributed by atoms with Crippen molar-refractivity contribution in [1.29, 1.82) is 0 Å². The molecule has 0 amide bonds. The van der Waals surface area contributed by atoms with Gasteiger partial charge in [0.2, 0.25) is 0 Å². The Balaban J connectivity index is 2.54. The van der Waals surface area contributed by atoms with Crippen LogP contribution < -0.4 is 0 Å². The second kappa shape index (κ2) is 4.03. The number of aromatic nitrogens is 1. The Hall–Kier alpha value is -0.990. The van der Waals surface area contributed by atoms with Crippen molar-refractivity contribution in [3.8, 4) is 11.3 Å². The molecule has 0 fully saturated rings. The minimum absolute atomic E-state index is 0.365. The fourth-order valence-corrected chi connectivity index (χ4v) is 1.63. The Bertz CT molecular complexity index is 439. The number of benzene rings is 1. The van der Waals surface area contributed by atoms with Gasteiger partial charge in [0.15, 0.2) is 5.76 Å². The summed E-state index contributed by atoms with van der Waals surface area (Å²) in [5.74, 6) is 1.01. The molecule has 0 radical (unpaired) electrons. The van der Waals surface area contributed by atoms with Crippen LogP contribution in [0.2, 0.25) is 5.02 Å². The topological polar surface area (TPSA) is 26.0 Å². The molecule has 1 aromatic heterocycles. The molecular formula is C10H7Cl2NO. The van der Waals surface area contributed by atoms with Crippen LogP contribution in [-0.4, -0.2) is 5.16 Å². The zero-order valence-electron chi connectivity index (χ0n) is 7.21. The van der Waals surface area contributed by atoms with Crippen molar-refractivity contribution in [2.24, 2.45) is 0 Å². The number of halogens is 2. The van der Waals surface area contributed by atoms with Crippen molar-refractivity contribution in [2.45, 2.75) is 5.88 Å². The number of alkyl halides is 1. The highest BCUT2D eigenvalue weighted by atomic mass is 35.5. The van der Waals surface area contributed by atoms with Crippen molar-refractivity contribution in [3.05, 3.63) is 41.0 Å². The molecular weight excluding hydrogens is 221 g/mol. The minimum Gasteiger partial charge on any atom is -0.356 e. The molecule has 0 N–H and O–H groups in total. The van der Waals surface area contributed by atoms with E-state index in [1.165, 1.54) is 0 Å². The van der Waals surface area contributed by atoms with Gasteiger partial charge in [-0.3, -0.25) is 0 Å². The summed E-state index contributed by atoms with van der Waals surface area (Å²) in [6.07, 6.45) is 1.60. The molecule has 0 aliphatic heterocycles. The summed E-state index contributed by atoms with van der Waals surface area (Å²) < 4.78 is 5.10. The molecule has 4 heteroatoms. The maximum absolute atomic E-state index is 6.01. The van der Waals surface area contributed by atoms with E-state index < -0.39 is 0 Å². The van der Waals surface area contributed by atoms with E-state index in [1.54, 1.807) is 12.3 Å². The van der Waals surface area contributed by atoms with Crippen molar-refractivity contribution < 1.29 is 4.52 Å². The van der Waals surface area contributed by atoms with Crippen molar-refractivity contribution in [1.82, 2.24) is 5.16 Å². The summed E-state index contributed by atoms with van der Waals surface area (Å²) in [7, 11) is 0. The highest BCUT2D eigenvalue weighted by molar-refractivity contribution is 6.33. The first-order chi connectivity index (χ1) is 6.83. The summed E-state index contributed by atoms with van der Waals surface area (Å²) in [5, 5.41) is 4.33. The second-order valence-corrected chi connectivity index (χ2v) is 3.47. The first-order valence-corrected chi connectivity index (χ1v) is 4.98. The molecule has 0 spiro atoms. The van der Waals surface area contributed by atoms with Crippen LogP contribution in [0.25, 0.3) is 11.3 Å². The molecule has 1 aromatic carbocycles. The fraction of sp³-hybridized carbons (Fsp3) is 0.100. The van der Waals surface area contributed by atoms with Crippen LogP contribution in [0.3, 0.4) is 0 Å². The average Bonchev–Trinajstić information content (AvgIpc) is 2.66. The average molecular weight is 228 g/mol. The summed E-state index contributed by atoms with van der Waals surface area (Å²) >= 11 is 11.7. The van der Waals surface area contributed by atoms with Gasteiger partial charge in [-0.05, 0) is 12.1 Å². The largest absolute Gasteiger partial charge is 0.356 e. The lowest BCUT2D eigenvalue weighted by molar-refractivity contribution is 0.432. The predicted octanol–water partition coefficient (Wildman–Crippen LogP) is 3.73. The Morgan fingerprint density at radius 2 is 2.07 bits per heavy atom. The Morgan fingerprint density at radius 1 is 1.29 bits per heavy atom. The van der Waals surface area contributed by atoms with Gasteiger partial charge in [-0.25, -0.2) is 0 Å². The fourth-order valence-electron chi connectivity index (χ4n) is 1.22. The molecule has 2 aromatic rings. The third-order valence-electron chi connectivity index (χ3n) is 1.91. The van der Waals surface area contributed by atoms with Gasteiger partial charge in [0, 0.05) is 11.1 Å². The lowest BCUT2D eigenvalue weighted by Crippen LogP contribution is -1.81. The zero-order valence-corrected chi connectivity index (χ0v) is 8.72. The molecule has 1 heterocycles. The molecule has 0 unspecified atom stereocenters. The maximum Gasteiger partial charge on any atom is 0.172 e. The van der Waals surface area contributed by atoms with Crippen molar-refractivity contribution >= 4 is 23.2 Å². The van der Waals surface area contributed by atoms with E-state index in [0.717, 1.165) is 11.1 Å². The molecule has 0 bridgehead atoms. The molecule has 14 heavy (non-hydrogen) atoms. The van der Waals surface area contributed by atoms with E-state index in [9.17, 15) is 0 Å². The SMILES string of the molecule is ClCc1cnoc1-c1ccccc1Cl. The second-order valence-electron chi connectivity index (χ2n) is 2.79. The zero-order chi connectivity index (χ0) is 9.97. The maximum atomic E-state index is 6.01. The summed E-state index contributed by atoms with van der Waals surface area (Å²) in [4.78, 5) is 0. The molecule has 0 saturated carbocycles. The van der Waals surface area contributed by atoms with Crippen LogP contribution in [0.5, 0.6) is 0 Å². The van der Waals surface area contributed by atoms with E-state index in [0.29, 0.717) is 16.7 Å². The summed E-state index contributed by atoms with van der Waals surface area (Å²) in [6.45, 7) is 0.